The van der Waals surface area contributed by atoms with Gasteiger partial charge < -0.3 is 20.1 Å². The minimum atomic E-state index is -0.826. The lowest BCUT2D eigenvalue weighted by Crippen LogP contribution is -2.42. The molecule has 0 radical (unpaired) electrons. The Kier molecular flexibility index (Phi) is 9.08. The van der Waals surface area contributed by atoms with Crippen molar-refractivity contribution in [3.63, 3.8) is 0 Å². The molecule has 0 bridgehead atoms. The number of carboxylic acids is 1. The van der Waals surface area contributed by atoms with Gasteiger partial charge in [-0.2, -0.15) is 0 Å². The van der Waals surface area contributed by atoms with E-state index < -0.39 is 11.8 Å². The second-order valence-electron chi connectivity index (χ2n) is 10.7. The van der Waals surface area contributed by atoms with Crippen LogP contribution in [0.2, 0.25) is 5.02 Å². The topological polar surface area (TPSA) is 78.9 Å². The first-order valence-electron chi connectivity index (χ1n) is 13.1. The Hall–Kier alpha value is -2.64. The van der Waals surface area contributed by atoms with Gasteiger partial charge in [-0.25, -0.2) is 4.39 Å². The Balaban J connectivity index is 1.68. The number of amides is 1. The van der Waals surface area contributed by atoms with Crippen LogP contribution < -0.4 is 10.2 Å². The Bertz CT molecular complexity index is 1120. The van der Waals surface area contributed by atoms with Crippen molar-refractivity contribution in [2.24, 2.45) is 11.8 Å². The standard InChI is InChI=1S/C29H36ClFN2O4/c1-18(2)17-33(23-9-11-37-12-10-23)27-8-6-20(24(16-29(35)36)19-3-4-19)13-26(27)32-28(34)14-21-5-7-22(30)15-25(21)31/h5-8,13,15,18-19,23-24H,3-4,9-12,14,16-17H2,1-2H3,(H,32,34)(H,35,36). The van der Waals surface area contributed by atoms with Crippen LogP contribution >= 0.6 is 11.6 Å². The van der Waals surface area contributed by atoms with Gasteiger partial charge in [0.2, 0.25) is 5.91 Å². The molecule has 0 aromatic heterocycles. The maximum Gasteiger partial charge on any atom is 0.303 e. The highest BCUT2D eigenvalue weighted by Gasteiger charge is 2.34. The number of nitrogens with zero attached hydrogens (tertiary/aromatic N) is 1. The van der Waals surface area contributed by atoms with Crippen molar-refractivity contribution < 1.29 is 23.8 Å². The number of carbonyl (C=O) groups is 2. The smallest absolute Gasteiger partial charge is 0.303 e. The Labute approximate surface area is 223 Å². The number of aliphatic carboxylic acids is 1. The maximum absolute atomic E-state index is 14.4. The molecule has 1 saturated carbocycles. The Morgan fingerprint density at radius 1 is 1.14 bits per heavy atom. The van der Waals surface area contributed by atoms with Crippen molar-refractivity contribution in [1.82, 2.24) is 0 Å². The molecule has 1 amide bonds. The van der Waals surface area contributed by atoms with E-state index in [0.29, 0.717) is 30.7 Å². The number of carbonyl (C=O) groups excluding carboxylic acids is 1. The van der Waals surface area contributed by atoms with Crippen LogP contribution in [0.5, 0.6) is 0 Å². The van der Waals surface area contributed by atoms with E-state index in [2.05, 4.69) is 24.1 Å². The predicted molar refractivity (Wildman–Crippen MR) is 144 cm³/mol. The SMILES string of the molecule is CC(C)CN(c1ccc(C(CC(=O)O)C2CC2)cc1NC(=O)Cc1ccc(Cl)cc1F)C1CCOCC1. The summed E-state index contributed by atoms with van der Waals surface area (Å²) in [5.74, 6) is -1.05. The van der Waals surface area contributed by atoms with E-state index in [1.54, 1.807) is 6.07 Å². The zero-order valence-electron chi connectivity index (χ0n) is 21.5. The first kappa shape index (κ1) is 27.4. The van der Waals surface area contributed by atoms with Crippen LogP contribution in [0.4, 0.5) is 15.8 Å². The molecular formula is C29H36ClFN2O4. The monoisotopic (exact) mass is 530 g/mol. The lowest BCUT2D eigenvalue weighted by atomic mass is 9.90. The number of hydrogen-bond donors (Lipinski definition) is 2. The van der Waals surface area contributed by atoms with Crippen molar-refractivity contribution in [3.05, 3.63) is 58.4 Å². The largest absolute Gasteiger partial charge is 0.481 e. The summed E-state index contributed by atoms with van der Waals surface area (Å²) in [4.78, 5) is 27.1. The third kappa shape index (κ3) is 7.45. The highest BCUT2D eigenvalue weighted by atomic mass is 35.5. The fourth-order valence-electron chi connectivity index (χ4n) is 5.25. The summed E-state index contributed by atoms with van der Waals surface area (Å²) in [6.45, 7) is 6.52. The van der Waals surface area contributed by atoms with E-state index in [0.717, 1.165) is 43.5 Å². The summed E-state index contributed by atoms with van der Waals surface area (Å²) in [7, 11) is 0. The number of carboxylic acid groups (broad SMARTS) is 1. The summed E-state index contributed by atoms with van der Waals surface area (Å²) in [6.07, 6.45) is 3.74. The third-order valence-corrected chi connectivity index (χ3v) is 7.41. The molecule has 1 aliphatic heterocycles. The summed E-state index contributed by atoms with van der Waals surface area (Å²) in [6, 6.07) is 10.5. The highest BCUT2D eigenvalue weighted by Crippen LogP contribution is 2.46. The van der Waals surface area contributed by atoms with Gasteiger partial charge >= 0.3 is 5.97 Å². The molecule has 2 fully saturated rings. The summed E-state index contributed by atoms with van der Waals surface area (Å²) < 4.78 is 20.0. The molecular weight excluding hydrogens is 495 g/mol. The molecule has 8 heteroatoms. The fraction of sp³-hybridized carbons (Fsp3) is 0.517. The molecule has 4 rings (SSSR count). The Morgan fingerprint density at radius 2 is 1.86 bits per heavy atom. The summed E-state index contributed by atoms with van der Waals surface area (Å²) in [5.41, 5.74) is 2.72. The molecule has 1 atom stereocenters. The number of hydrogen-bond acceptors (Lipinski definition) is 4. The zero-order chi connectivity index (χ0) is 26.5. The summed E-state index contributed by atoms with van der Waals surface area (Å²) >= 11 is 5.87. The minimum Gasteiger partial charge on any atom is -0.481 e. The highest BCUT2D eigenvalue weighted by molar-refractivity contribution is 6.30. The fourth-order valence-corrected chi connectivity index (χ4v) is 5.40. The third-order valence-electron chi connectivity index (χ3n) is 7.18. The minimum absolute atomic E-state index is 0.0586. The van der Waals surface area contributed by atoms with Crippen LogP contribution in [-0.4, -0.2) is 42.8 Å². The lowest BCUT2D eigenvalue weighted by Gasteiger charge is -2.38. The average Bonchev–Trinajstić information content (AvgIpc) is 3.69. The van der Waals surface area contributed by atoms with Crippen LogP contribution in [-0.2, 0) is 20.7 Å². The number of benzene rings is 2. The first-order chi connectivity index (χ1) is 17.7. The van der Waals surface area contributed by atoms with Gasteiger partial charge in [0, 0.05) is 30.8 Å². The summed E-state index contributed by atoms with van der Waals surface area (Å²) in [5, 5.41) is 12.8. The van der Waals surface area contributed by atoms with E-state index in [9.17, 15) is 19.1 Å². The molecule has 1 heterocycles. The van der Waals surface area contributed by atoms with Crippen LogP contribution in [0.3, 0.4) is 0 Å². The molecule has 2 aromatic carbocycles. The van der Waals surface area contributed by atoms with Crippen molar-refractivity contribution in [1.29, 1.82) is 0 Å². The number of nitrogens with one attached hydrogen (secondary N) is 1. The molecule has 6 nitrogen and oxygen atoms in total. The van der Waals surface area contributed by atoms with E-state index in [-0.39, 0.29) is 41.3 Å². The average molecular weight is 531 g/mol. The molecule has 1 unspecified atom stereocenters. The molecule has 2 aromatic rings. The molecule has 2 aliphatic rings. The normalized spacial score (nSPS) is 17.0. The zero-order valence-corrected chi connectivity index (χ0v) is 22.3. The van der Waals surface area contributed by atoms with E-state index in [1.165, 1.54) is 12.1 Å². The molecule has 200 valence electrons. The van der Waals surface area contributed by atoms with Gasteiger partial charge in [0.25, 0.3) is 0 Å². The van der Waals surface area contributed by atoms with Crippen LogP contribution in [0, 0.1) is 17.7 Å². The predicted octanol–water partition coefficient (Wildman–Crippen LogP) is 6.27. The van der Waals surface area contributed by atoms with Gasteiger partial charge in [-0.15, -0.1) is 0 Å². The molecule has 1 aliphatic carbocycles. The molecule has 2 N–H and O–H groups in total. The van der Waals surface area contributed by atoms with Gasteiger partial charge in [0.15, 0.2) is 0 Å². The van der Waals surface area contributed by atoms with Crippen LogP contribution in [0.25, 0.3) is 0 Å². The maximum atomic E-state index is 14.4. The second kappa shape index (κ2) is 12.3. The Morgan fingerprint density at radius 3 is 2.49 bits per heavy atom. The number of ether oxygens (including phenoxy) is 1. The van der Waals surface area contributed by atoms with Gasteiger partial charge in [-0.3, -0.25) is 9.59 Å². The molecule has 1 saturated heterocycles. The number of anilines is 2. The quantitative estimate of drug-likeness (QED) is 0.358. The number of halogens is 2. The van der Waals surface area contributed by atoms with Crippen molar-refractivity contribution in [3.8, 4) is 0 Å². The van der Waals surface area contributed by atoms with E-state index in [4.69, 9.17) is 16.3 Å². The number of rotatable bonds is 11. The lowest BCUT2D eigenvalue weighted by molar-refractivity contribution is -0.137. The molecule has 0 spiro atoms. The van der Waals surface area contributed by atoms with Crippen molar-refractivity contribution in [2.45, 2.75) is 64.3 Å². The van der Waals surface area contributed by atoms with Crippen molar-refractivity contribution in [2.75, 3.05) is 30.0 Å². The van der Waals surface area contributed by atoms with Crippen LogP contribution in [0.15, 0.2) is 36.4 Å². The van der Waals surface area contributed by atoms with Crippen molar-refractivity contribution >= 4 is 34.9 Å². The van der Waals surface area contributed by atoms with Crippen LogP contribution in [0.1, 0.15) is 63.0 Å². The molecule has 37 heavy (non-hydrogen) atoms. The van der Waals surface area contributed by atoms with Gasteiger partial charge in [-0.1, -0.05) is 37.6 Å². The van der Waals surface area contributed by atoms with Gasteiger partial charge in [0.1, 0.15) is 5.82 Å². The van der Waals surface area contributed by atoms with Gasteiger partial charge in [0.05, 0.1) is 24.2 Å². The first-order valence-corrected chi connectivity index (χ1v) is 13.5. The van der Waals surface area contributed by atoms with E-state index >= 15 is 0 Å². The van der Waals surface area contributed by atoms with E-state index in [1.807, 2.05) is 18.2 Å². The van der Waals surface area contributed by atoms with Gasteiger partial charge in [-0.05, 0) is 78.8 Å². The second-order valence-corrected chi connectivity index (χ2v) is 11.1.